The van der Waals surface area contributed by atoms with Gasteiger partial charge in [0.05, 0.1) is 11.3 Å². The normalized spacial score (nSPS) is 10.9. The summed E-state index contributed by atoms with van der Waals surface area (Å²) in [5, 5.41) is 18.8. The van der Waals surface area contributed by atoms with E-state index in [0.29, 0.717) is 12.2 Å². The number of aromatic nitrogens is 1. The van der Waals surface area contributed by atoms with Gasteiger partial charge in [0.1, 0.15) is 6.07 Å². The number of hydrogen-bond donors (Lipinski definition) is 1. The quantitative estimate of drug-likeness (QED) is 0.834. The van der Waals surface area contributed by atoms with Crippen LogP contribution in [0.2, 0.25) is 0 Å². The van der Waals surface area contributed by atoms with Crippen LogP contribution in [0.1, 0.15) is 26.5 Å². The second-order valence-corrected chi connectivity index (χ2v) is 4.31. The van der Waals surface area contributed by atoms with Crippen molar-refractivity contribution in [2.45, 2.75) is 26.4 Å². The van der Waals surface area contributed by atoms with Gasteiger partial charge in [0, 0.05) is 19.3 Å². The Labute approximate surface area is 96.2 Å². The van der Waals surface area contributed by atoms with Crippen molar-refractivity contribution in [2.24, 2.45) is 0 Å². The summed E-state index contributed by atoms with van der Waals surface area (Å²) in [6, 6.07) is 5.70. The van der Waals surface area contributed by atoms with E-state index in [-0.39, 0.29) is 0 Å². The first-order chi connectivity index (χ1) is 7.48. The van der Waals surface area contributed by atoms with E-state index in [0.717, 1.165) is 12.2 Å². The van der Waals surface area contributed by atoms with E-state index < -0.39 is 5.60 Å². The van der Waals surface area contributed by atoms with Crippen molar-refractivity contribution in [1.82, 2.24) is 4.98 Å². The third kappa shape index (κ3) is 3.21. The first kappa shape index (κ1) is 12.5. The molecule has 0 aliphatic rings. The summed E-state index contributed by atoms with van der Waals surface area (Å²) < 4.78 is 0. The van der Waals surface area contributed by atoms with Crippen LogP contribution in [0.5, 0.6) is 0 Å². The van der Waals surface area contributed by atoms with Crippen LogP contribution in [0.3, 0.4) is 0 Å². The number of likely N-dealkylation sites (N-methyl/N-ethyl adjacent to an activating group) is 1. The Morgan fingerprint density at radius 3 is 2.75 bits per heavy atom. The Morgan fingerprint density at radius 2 is 2.25 bits per heavy atom. The summed E-state index contributed by atoms with van der Waals surface area (Å²) in [7, 11) is 0. The zero-order valence-corrected chi connectivity index (χ0v) is 9.94. The lowest BCUT2D eigenvalue weighted by Gasteiger charge is -2.30. The van der Waals surface area contributed by atoms with E-state index in [2.05, 4.69) is 11.1 Å². The average molecular weight is 219 g/mol. The molecule has 0 aliphatic heterocycles. The lowest BCUT2D eigenvalue weighted by atomic mass is 10.1. The third-order valence-electron chi connectivity index (χ3n) is 2.19. The van der Waals surface area contributed by atoms with Crippen LogP contribution in [-0.4, -0.2) is 28.8 Å². The van der Waals surface area contributed by atoms with Gasteiger partial charge in [-0.1, -0.05) is 0 Å². The van der Waals surface area contributed by atoms with E-state index in [1.54, 1.807) is 26.1 Å². The molecular weight excluding hydrogens is 202 g/mol. The fourth-order valence-corrected chi connectivity index (χ4v) is 1.57. The molecule has 1 aromatic rings. The molecule has 86 valence electrons. The van der Waals surface area contributed by atoms with Gasteiger partial charge in [-0.05, 0) is 32.9 Å². The summed E-state index contributed by atoms with van der Waals surface area (Å²) in [5.41, 5.74) is 0.377. The number of nitrogens with zero attached hydrogens (tertiary/aromatic N) is 3. The Hall–Kier alpha value is -1.60. The van der Waals surface area contributed by atoms with E-state index in [9.17, 15) is 5.11 Å². The maximum absolute atomic E-state index is 9.80. The zero-order chi connectivity index (χ0) is 12.2. The van der Waals surface area contributed by atoms with E-state index >= 15 is 0 Å². The molecule has 1 heterocycles. The predicted molar refractivity (Wildman–Crippen MR) is 63.1 cm³/mol. The molecule has 0 unspecified atom stereocenters. The molecule has 0 atom stereocenters. The van der Waals surface area contributed by atoms with Gasteiger partial charge in [0.15, 0.2) is 5.69 Å². The highest BCUT2D eigenvalue weighted by Gasteiger charge is 2.19. The Balaban J connectivity index is 3.00. The number of aliphatic hydroxyl groups is 1. The molecule has 0 saturated carbocycles. The van der Waals surface area contributed by atoms with Crippen molar-refractivity contribution in [2.75, 3.05) is 18.0 Å². The Morgan fingerprint density at radius 1 is 1.56 bits per heavy atom. The third-order valence-corrected chi connectivity index (χ3v) is 2.19. The highest BCUT2D eigenvalue weighted by Crippen LogP contribution is 2.19. The maximum atomic E-state index is 9.80. The smallest absolute Gasteiger partial charge is 0.163 e. The van der Waals surface area contributed by atoms with Crippen molar-refractivity contribution in [3.63, 3.8) is 0 Å². The minimum atomic E-state index is -0.793. The van der Waals surface area contributed by atoms with Crippen LogP contribution in [0.4, 0.5) is 5.69 Å². The van der Waals surface area contributed by atoms with Crippen molar-refractivity contribution in [1.29, 1.82) is 5.26 Å². The molecule has 0 saturated heterocycles. The molecule has 1 rings (SSSR count). The number of anilines is 1. The van der Waals surface area contributed by atoms with Crippen LogP contribution in [0.25, 0.3) is 0 Å². The largest absolute Gasteiger partial charge is 0.389 e. The molecule has 0 aromatic carbocycles. The van der Waals surface area contributed by atoms with Crippen molar-refractivity contribution in [3.8, 4) is 6.07 Å². The molecule has 0 radical (unpaired) electrons. The van der Waals surface area contributed by atoms with Crippen molar-refractivity contribution in [3.05, 3.63) is 24.0 Å². The van der Waals surface area contributed by atoms with Crippen LogP contribution < -0.4 is 4.90 Å². The van der Waals surface area contributed by atoms with E-state index in [1.165, 1.54) is 0 Å². The minimum absolute atomic E-state index is 0.397. The number of hydrogen-bond acceptors (Lipinski definition) is 4. The lowest BCUT2D eigenvalue weighted by Crippen LogP contribution is -2.39. The first-order valence-corrected chi connectivity index (χ1v) is 5.30. The summed E-state index contributed by atoms with van der Waals surface area (Å²) >= 11 is 0. The molecule has 1 N–H and O–H groups in total. The van der Waals surface area contributed by atoms with E-state index in [1.807, 2.05) is 17.9 Å². The monoisotopic (exact) mass is 219 g/mol. The van der Waals surface area contributed by atoms with Gasteiger partial charge in [0.2, 0.25) is 0 Å². The highest BCUT2D eigenvalue weighted by molar-refractivity contribution is 5.55. The van der Waals surface area contributed by atoms with Crippen LogP contribution in [0.15, 0.2) is 18.3 Å². The van der Waals surface area contributed by atoms with E-state index in [4.69, 9.17) is 5.26 Å². The van der Waals surface area contributed by atoms with Gasteiger partial charge >= 0.3 is 0 Å². The maximum Gasteiger partial charge on any atom is 0.163 e. The predicted octanol–water partition coefficient (Wildman–Crippen LogP) is 1.55. The molecule has 0 amide bonds. The SMILES string of the molecule is CCN(CC(C)(C)O)c1cccnc1C#N. The van der Waals surface area contributed by atoms with Gasteiger partial charge in [-0.3, -0.25) is 0 Å². The fraction of sp³-hybridized carbons (Fsp3) is 0.500. The van der Waals surface area contributed by atoms with Crippen LogP contribution >= 0.6 is 0 Å². The molecular formula is C12H17N3O. The molecule has 0 aliphatic carbocycles. The molecule has 1 aromatic heterocycles. The van der Waals surface area contributed by atoms with Crippen molar-refractivity contribution >= 4 is 5.69 Å². The number of pyridine rings is 1. The van der Waals surface area contributed by atoms with Crippen LogP contribution in [0, 0.1) is 11.3 Å². The standard InChI is InChI=1S/C12H17N3O/c1-4-15(9-12(2,3)16)11-6-5-7-14-10(11)8-13/h5-7,16H,4,9H2,1-3H3. The van der Waals surface area contributed by atoms with Gasteiger partial charge < -0.3 is 10.0 Å². The minimum Gasteiger partial charge on any atom is -0.389 e. The zero-order valence-electron chi connectivity index (χ0n) is 9.94. The summed E-state index contributed by atoms with van der Waals surface area (Å²) in [6.07, 6.45) is 1.60. The van der Waals surface area contributed by atoms with Gasteiger partial charge in [-0.15, -0.1) is 0 Å². The molecule has 0 bridgehead atoms. The second kappa shape index (κ2) is 4.95. The average Bonchev–Trinajstić information content (AvgIpc) is 2.24. The Kier molecular flexibility index (Phi) is 3.86. The Bertz CT molecular complexity index is 390. The van der Waals surface area contributed by atoms with Gasteiger partial charge in [0.25, 0.3) is 0 Å². The summed E-state index contributed by atoms with van der Waals surface area (Å²) in [5.74, 6) is 0. The summed E-state index contributed by atoms with van der Waals surface area (Å²) in [4.78, 5) is 5.96. The highest BCUT2D eigenvalue weighted by atomic mass is 16.3. The molecule has 16 heavy (non-hydrogen) atoms. The van der Waals surface area contributed by atoms with Gasteiger partial charge in [-0.2, -0.15) is 5.26 Å². The molecule has 0 fully saturated rings. The second-order valence-electron chi connectivity index (χ2n) is 4.31. The molecule has 4 heteroatoms. The van der Waals surface area contributed by atoms with Crippen molar-refractivity contribution < 1.29 is 5.11 Å². The number of rotatable bonds is 4. The summed E-state index contributed by atoms with van der Waals surface area (Å²) in [6.45, 7) is 6.68. The molecule has 0 spiro atoms. The molecule has 4 nitrogen and oxygen atoms in total. The lowest BCUT2D eigenvalue weighted by molar-refractivity contribution is 0.0876. The fourth-order valence-electron chi connectivity index (χ4n) is 1.57. The first-order valence-electron chi connectivity index (χ1n) is 5.30. The van der Waals surface area contributed by atoms with Crippen LogP contribution in [-0.2, 0) is 0 Å². The topological polar surface area (TPSA) is 60.1 Å². The number of nitriles is 1. The van der Waals surface area contributed by atoms with Gasteiger partial charge in [-0.25, -0.2) is 4.98 Å².